The molecule has 2 rings (SSSR count). The zero-order valence-electron chi connectivity index (χ0n) is 9.63. The first kappa shape index (κ1) is 11.5. The second-order valence-corrected chi connectivity index (χ2v) is 4.55. The van der Waals surface area contributed by atoms with Crippen LogP contribution in [0.25, 0.3) is 0 Å². The smallest absolute Gasteiger partial charge is 0.260 e. The van der Waals surface area contributed by atoms with Gasteiger partial charge in [-0.3, -0.25) is 0 Å². The van der Waals surface area contributed by atoms with Crippen LogP contribution in [0.4, 0.5) is 8.78 Å². The molecule has 0 saturated heterocycles. The monoisotopic (exact) mass is 225 g/mol. The Kier molecular flexibility index (Phi) is 2.98. The zero-order chi connectivity index (χ0) is 11.8. The van der Waals surface area contributed by atoms with Gasteiger partial charge < -0.3 is 5.32 Å². The molecule has 0 amide bonds. The molecule has 0 aliphatic heterocycles. The molecule has 1 aliphatic carbocycles. The van der Waals surface area contributed by atoms with Crippen LogP contribution < -0.4 is 5.32 Å². The quantitative estimate of drug-likeness (QED) is 0.814. The van der Waals surface area contributed by atoms with Crippen molar-refractivity contribution in [2.45, 2.75) is 37.6 Å². The summed E-state index contributed by atoms with van der Waals surface area (Å²) in [6.45, 7) is 2.10. The molecule has 0 radical (unpaired) electrons. The molecule has 16 heavy (non-hydrogen) atoms. The van der Waals surface area contributed by atoms with Gasteiger partial charge in [0.05, 0.1) is 0 Å². The van der Waals surface area contributed by atoms with Crippen LogP contribution in [-0.2, 0) is 5.54 Å². The van der Waals surface area contributed by atoms with Gasteiger partial charge in [-0.1, -0.05) is 31.2 Å². The molecule has 1 N–H and O–H groups in total. The van der Waals surface area contributed by atoms with Crippen LogP contribution in [0.1, 0.15) is 36.8 Å². The van der Waals surface area contributed by atoms with Gasteiger partial charge in [0.1, 0.15) is 5.54 Å². The van der Waals surface area contributed by atoms with Gasteiger partial charge in [-0.05, 0) is 36.9 Å². The molecule has 0 spiro atoms. The standard InChI is InChI=1S/C13H17F2N/c1-9-7-8-13(16-2,12(14)15)11-6-4-3-5-10(9)11/h3-6,9,12,16H,7-8H2,1-2H3. The van der Waals surface area contributed by atoms with E-state index in [0.29, 0.717) is 12.3 Å². The number of halogens is 2. The molecule has 1 aliphatic rings. The molecular weight excluding hydrogens is 208 g/mol. The van der Waals surface area contributed by atoms with E-state index in [1.165, 1.54) is 0 Å². The molecule has 2 unspecified atom stereocenters. The van der Waals surface area contributed by atoms with Crippen LogP contribution >= 0.6 is 0 Å². The maximum absolute atomic E-state index is 13.3. The molecule has 1 nitrogen and oxygen atoms in total. The van der Waals surface area contributed by atoms with Crippen molar-refractivity contribution in [3.8, 4) is 0 Å². The van der Waals surface area contributed by atoms with Crippen LogP contribution in [0.5, 0.6) is 0 Å². The Bertz CT molecular complexity index is 378. The summed E-state index contributed by atoms with van der Waals surface area (Å²) in [6.07, 6.45) is -1.06. The second kappa shape index (κ2) is 4.13. The fourth-order valence-electron chi connectivity index (χ4n) is 2.66. The Morgan fingerprint density at radius 1 is 1.38 bits per heavy atom. The van der Waals surface area contributed by atoms with Crippen molar-refractivity contribution in [3.05, 3.63) is 35.4 Å². The highest BCUT2D eigenvalue weighted by atomic mass is 19.3. The minimum atomic E-state index is -2.37. The number of benzene rings is 1. The lowest BCUT2D eigenvalue weighted by Crippen LogP contribution is -2.49. The largest absolute Gasteiger partial charge is 0.306 e. The second-order valence-electron chi connectivity index (χ2n) is 4.55. The highest BCUT2D eigenvalue weighted by Gasteiger charge is 2.44. The summed E-state index contributed by atoms with van der Waals surface area (Å²) in [6, 6.07) is 7.55. The molecule has 88 valence electrons. The third kappa shape index (κ3) is 1.54. The van der Waals surface area contributed by atoms with Gasteiger partial charge in [0, 0.05) is 0 Å². The first-order valence-electron chi connectivity index (χ1n) is 5.68. The third-order valence-corrected chi connectivity index (χ3v) is 3.76. The summed E-state index contributed by atoms with van der Waals surface area (Å²) < 4.78 is 26.6. The Labute approximate surface area is 94.9 Å². The van der Waals surface area contributed by atoms with Crippen molar-refractivity contribution in [1.29, 1.82) is 0 Å². The van der Waals surface area contributed by atoms with Gasteiger partial charge >= 0.3 is 0 Å². The zero-order valence-corrected chi connectivity index (χ0v) is 9.63. The number of hydrogen-bond acceptors (Lipinski definition) is 1. The van der Waals surface area contributed by atoms with E-state index in [0.717, 1.165) is 17.5 Å². The number of fused-ring (bicyclic) bond motifs is 1. The molecule has 0 aromatic heterocycles. The van der Waals surface area contributed by atoms with E-state index >= 15 is 0 Å². The predicted octanol–water partition coefficient (Wildman–Crippen LogP) is 3.26. The molecule has 0 saturated carbocycles. The van der Waals surface area contributed by atoms with Gasteiger partial charge in [-0.25, -0.2) is 8.78 Å². The summed E-state index contributed by atoms with van der Waals surface area (Å²) in [4.78, 5) is 0. The Morgan fingerprint density at radius 2 is 2.06 bits per heavy atom. The highest BCUT2D eigenvalue weighted by molar-refractivity contribution is 5.39. The topological polar surface area (TPSA) is 12.0 Å². The van der Waals surface area contributed by atoms with Crippen molar-refractivity contribution in [3.63, 3.8) is 0 Å². The molecule has 1 aromatic carbocycles. The van der Waals surface area contributed by atoms with Crippen LogP contribution in [0.3, 0.4) is 0 Å². The number of rotatable bonds is 2. The summed E-state index contributed by atoms with van der Waals surface area (Å²) >= 11 is 0. The van der Waals surface area contributed by atoms with E-state index in [4.69, 9.17) is 0 Å². The van der Waals surface area contributed by atoms with E-state index in [2.05, 4.69) is 12.2 Å². The van der Waals surface area contributed by atoms with E-state index < -0.39 is 12.0 Å². The van der Waals surface area contributed by atoms with Crippen LogP contribution in [0, 0.1) is 0 Å². The average Bonchev–Trinajstić information content (AvgIpc) is 2.30. The van der Waals surface area contributed by atoms with E-state index in [1.54, 1.807) is 7.05 Å². The van der Waals surface area contributed by atoms with Gasteiger partial charge in [-0.15, -0.1) is 0 Å². The van der Waals surface area contributed by atoms with E-state index in [1.807, 2.05) is 24.3 Å². The van der Waals surface area contributed by atoms with Crippen molar-refractivity contribution in [2.75, 3.05) is 7.05 Å². The molecule has 0 heterocycles. The van der Waals surface area contributed by atoms with Crippen LogP contribution in [-0.4, -0.2) is 13.5 Å². The lowest BCUT2D eigenvalue weighted by Gasteiger charge is -2.40. The Hall–Kier alpha value is -0.960. The molecule has 0 fully saturated rings. The first-order valence-corrected chi connectivity index (χ1v) is 5.68. The normalized spacial score (nSPS) is 29.2. The first-order chi connectivity index (χ1) is 7.62. The predicted molar refractivity (Wildman–Crippen MR) is 60.8 cm³/mol. The van der Waals surface area contributed by atoms with Gasteiger partial charge in [0.2, 0.25) is 0 Å². The van der Waals surface area contributed by atoms with E-state index in [9.17, 15) is 8.78 Å². The van der Waals surface area contributed by atoms with Crippen molar-refractivity contribution in [1.82, 2.24) is 5.32 Å². The molecule has 0 bridgehead atoms. The molecule has 2 atom stereocenters. The summed E-state index contributed by atoms with van der Waals surface area (Å²) in [5, 5.41) is 2.84. The SMILES string of the molecule is CNC1(C(F)F)CCC(C)c2ccccc21. The fraction of sp³-hybridized carbons (Fsp3) is 0.538. The fourth-order valence-corrected chi connectivity index (χ4v) is 2.66. The minimum absolute atomic E-state index is 0.372. The summed E-state index contributed by atoms with van der Waals surface area (Å²) in [7, 11) is 1.62. The maximum Gasteiger partial charge on any atom is 0.260 e. The van der Waals surface area contributed by atoms with Crippen LogP contribution in [0.2, 0.25) is 0 Å². The third-order valence-electron chi connectivity index (χ3n) is 3.76. The van der Waals surface area contributed by atoms with Gasteiger partial charge in [0.15, 0.2) is 0 Å². The summed E-state index contributed by atoms with van der Waals surface area (Å²) in [5.41, 5.74) is 0.679. The van der Waals surface area contributed by atoms with Gasteiger partial charge in [-0.2, -0.15) is 0 Å². The number of nitrogens with one attached hydrogen (secondary N) is 1. The number of alkyl halides is 2. The molecular formula is C13H17F2N. The Balaban J connectivity index is 2.56. The highest BCUT2D eigenvalue weighted by Crippen LogP contribution is 2.44. The van der Waals surface area contributed by atoms with Gasteiger partial charge in [0.25, 0.3) is 6.43 Å². The maximum atomic E-state index is 13.3. The van der Waals surface area contributed by atoms with Crippen LogP contribution in [0.15, 0.2) is 24.3 Å². The Morgan fingerprint density at radius 3 is 2.69 bits per heavy atom. The summed E-state index contributed by atoms with van der Waals surface area (Å²) in [5.74, 6) is 0.372. The van der Waals surface area contributed by atoms with Crippen molar-refractivity contribution in [2.24, 2.45) is 0 Å². The molecule has 1 aromatic rings. The lowest BCUT2D eigenvalue weighted by atomic mass is 9.72. The lowest BCUT2D eigenvalue weighted by molar-refractivity contribution is 0.0190. The molecule has 3 heteroatoms. The number of hydrogen-bond donors (Lipinski definition) is 1. The minimum Gasteiger partial charge on any atom is -0.306 e. The van der Waals surface area contributed by atoms with Crippen molar-refractivity contribution < 1.29 is 8.78 Å². The average molecular weight is 225 g/mol. The van der Waals surface area contributed by atoms with Crippen molar-refractivity contribution >= 4 is 0 Å². The van der Waals surface area contributed by atoms with E-state index in [-0.39, 0.29) is 0 Å².